The third kappa shape index (κ3) is 3.54. The van der Waals surface area contributed by atoms with Crippen molar-refractivity contribution in [3.63, 3.8) is 0 Å². The number of rotatable bonds is 5. The maximum Gasteiger partial charge on any atom is 0.259 e. The van der Waals surface area contributed by atoms with Crippen LogP contribution in [-0.4, -0.2) is 24.5 Å². The van der Waals surface area contributed by atoms with Gasteiger partial charge in [-0.2, -0.15) is 0 Å². The summed E-state index contributed by atoms with van der Waals surface area (Å²) in [5, 5.41) is 3.03. The third-order valence-electron chi connectivity index (χ3n) is 5.59. The van der Waals surface area contributed by atoms with Crippen molar-refractivity contribution in [1.29, 1.82) is 0 Å². The lowest BCUT2D eigenvalue weighted by atomic mass is 9.82. The fourth-order valence-electron chi connectivity index (χ4n) is 3.96. The van der Waals surface area contributed by atoms with Crippen LogP contribution >= 0.6 is 0 Å². The first-order valence-corrected chi connectivity index (χ1v) is 9.92. The minimum absolute atomic E-state index is 0.181. The van der Waals surface area contributed by atoms with Crippen LogP contribution in [0.5, 0.6) is 5.75 Å². The SMILES string of the molecule is COc1ccc(N2C(=O)c3ccccc3C[C@@]2(C)C(=O)NCc2ccccc2)cc1. The Kier molecular flexibility index (Phi) is 5.27. The van der Waals surface area contributed by atoms with Crippen molar-refractivity contribution < 1.29 is 14.3 Å². The second kappa shape index (κ2) is 8.03. The predicted molar refractivity (Wildman–Crippen MR) is 117 cm³/mol. The van der Waals surface area contributed by atoms with E-state index in [4.69, 9.17) is 4.74 Å². The Morgan fingerprint density at radius 2 is 1.67 bits per heavy atom. The lowest BCUT2D eigenvalue weighted by molar-refractivity contribution is -0.126. The van der Waals surface area contributed by atoms with Crippen LogP contribution < -0.4 is 15.0 Å². The topological polar surface area (TPSA) is 58.6 Å². The van der Waals surface area contributed by atoms with Crippen LogP contribution in [0.25, 0.3) is 0 Å². The first kappa shape index (κ1) is 19.7. The van der Waals surface area contributed by atoms with E-state index in [1.807, 2.05) is 73.7 Å². The van der Waals surface area contributed by atoms with Gasteiger partial charge < -0.3 is 10.1 Å². The zero-order valence-corrected chi connectivity index (χ0v) is 17.1. The Morgan fingerprint density at radius 1 is 1.00 bits per heavy atom. The van der Waals surface area contributed by atoms with Gasteiger partial charge in [0.25, 0.3) is 5.91 Å². The number of hydrogen-bond acceptors (Lipinski definition) is 3. The van der Waals surface area contributed by atoms with Crippen LogP contribution in [0, 0.1) is 0 Å². The van der Waals surface area contributed by atoms with Crippen molar-refractivity contribution in [3.05, 3.63) is 95.6 Å². The Labute approximate surface area is 176 Å². The molecule has 0 saturated carbocycles. The number of benzene rings is 3. The van der Waals surface area contributed by atoms with Gasteiger partial charge in [0, 0.05) is 24.2 Å². The third-order valence-corrected chi connectivity index (χ3v) is 5.59. The van der Waals surface area contributed by atoms with Gasteiger partial charge in [0.15, 0.2) is 0 Å². The highest BCUT2D eigenvalue weighted by atomic mass is 16.5. The molecule has 152 valence electrons. The molecule has 0 bridgehead atoms. The lowest BCUT2D eigenvalue weighted by Crippen LogP contribution is -2.63. The number of ether oxygens (including phenoxy) is 1. The number of nitrogens with zero attached hydrogens (tertiary/aromatic N) is 1. The van der Waals surface area contributed by atoms with Crippen molar-refractivity contribution in [3.8, 4) is 5.75 Å². The molecule has 0 fully saturated rings. The largest absolute Gasteiger partial charge is 0.497 e. The van der Waals surface area contributed by atoms with E-state index in [1.54, 1.807) is 24.1 Å². The van der Waals surface area contributed by atoms with Crippen molar-refractivity contribution in [2.45, 2.75) is 25.4 Å². The molecule has 1 aliphatic heterocycles. The van der Waals surface area contributed by atoms with Gasteiger partial charge >= 0.3 is 0 Å². The highest BCUT2D eigenvalue weighted by molar-refractivity contribution is 6.14. The van der Waals surface area contributed by atoms with E-state index in [0.29, 0.717) is 30.0 Å². The fraction of sp³-hybridized carbons (Fsp3) is 0.200. The molecule has 2 amide bonds. The Morgan fingerprint density at radius 3 is 2.37 bits per heavy atom. The second-order valence-corrected chi connectivity index (χ2v) is 7.61. The van der Waals surface area contributed by atoms with Gasteiger partial charge in [-0.1, -0.05) is 48.5 Å². The van der Waals surface area contributed by atoms with Crippen LogP contribution in [0.1, 0.15) is 28.4 Å². The molecule has 1 aliphatic rings. The summed E-state index contributed by atoms with van der Waals surface area (Å²) < 4.78 is 5.24. The van der Waals surface area contributed by atoms with Crippen molar-refractivity contribution >= 4 is 17.5 Å². The molecule has 30 heavy (non-hydrogen) atoms. The standard InChI is InChI=1S/C25H24N2O3/c1-25(24(29)26-17-18-8-4-3-5-9-18)16-19-10-6-7-11-22(19)23(28)27(25)20-12-14-21(30-2)15-13-20/h3-15H,16-17H2,1-2H3,(H,26,29)/t25-/m0/s1. The number of carbonyl (C=O) groups excluding carboxylic acids is 2. The summed E-state index contributed by atoms with van der Waals surface area (Å²) in [4.78, 5) is 28.5. The summed E-state index contributed by atoms with van der Waals surface area (Å²) in [6, 6.07) is 24.4. The second-order valence-electron chi connectivity index (χ2n) is 7.61. The van der Waals surface area contributed by atoms with Gasteiger partial charge in [-0.15, -0.1) is 0 Å². The number of anilines is 1. The van der Waals surface area contributed by atoms with E-state index in [1.165, 1.54) is 0 Å². The first-order valence-electron chi connectivity index (χ1n) is 9.92. The zero-order valence-electron chi connectivity index (χ0n) is 17.1. The normalized spacial score (nSPS) is 17.9. The van der Waals surface area contributed by atoms with Crippen LogP contribution in [0.4, 0.5) is 5.69 Å². The Bertz CT molecular complexity index is 1060. The van der Waals surface area contributed by atoms with Gasteiger partial charge in [-0.25, -0.2) is 0 Å². The van der Waals surface area contributed by atoms with Crippen LogP contribution in [-0.2, 0) is 17.8 Å². The lowest BCUT2D eigenvalue weighted by Gasteiger charge is -2.44. The molecule has 4 rings (SSSR count). The highest BCUT2D eigenvalue weighted by Gasteiger charge is 2.47. The molecule has 3 aromatic rings. The maximum atomic E-state index is 13.5. The molecular weight excluding hydrogens is 376 g/mol. The molecule has 0 spiro atoms. The number of hydrogen-bond donors (Lipinski definition) is 1. The molecule has 0 unspecified atom stereocenters. The summed E-state index contributed by atoms with van der Waals surface area (Å²) in [5.41, 5.74) is 2.11. The molecule has 1 N–H and O–H groups in total. The number of amides is 2. The molecule has 5 nitrogen and oxygen atoms in total. The summed E-state index contributed by atoms with van der Waals surface area (Å²) in [7, 11) is 1.60. The van der Waals surface area contributed by atoms with E-state index in [0.717, 1.165) is 11.1 Å². The highest BCUT2D eigenvalue weighted by Crippen LogP contribution is 2.36. The average molecular weight is 400 g/mol. The smallest absolute Gasteiger partial charge is 0.259 e. The molecule has 0 aliphatic carbocycles. The molecule has 1 atom stereocenters. The molecular formula is C25H24N2O3. The minimum Gasteiger partial charge on any atom is -0.497 e. The maximum absolute atomic E-state index is 13.5. The van der Waals surface area contributed by atoms with Gasteiger partial charge in [0.2, 0.25) is 5.91 Å². The van der Waals surface area contributed by atoms with Crippen molar-refractivity contribution in [2.75, 3.05) is 12.0 Å². The van der Waals surface area contributed by atoms with Gasteiger partial charge in [0.05, 0.1) is 7.11 Å². The predicted octanol–water partition coefficient (Wildman–Crippen LogP) is 3.97. The van der Waals surface area contributed by atoms with Crippen molar-refractivity contribution in [1.82, 2.24) is 5.32 Å². The van der Waals surface area contributed by atoms with Crippen LogP contribution in [0.3, 0.4) is 0 Å². The Balaban J connectivity index is 1.71. The number of carbonyl (C=O) groups is 2. The average Bonchev–Trinajstić information content (AvgIpc) is 2.78. The number of methoxy groups -OCH3 is 1. The Hall–Kier alpha value is -3.60. The number of nitrogens with one attached hydrogen (secondary N) is 1. The quantitative estimate of drug-likeness (QED) is 0.705. The summed E-state index contributed by atoms with van der Waals surface area (Å²) in [5.74, 6) is 0.322. The van der Waals surface area contributed by atoms with E-state index >= 15 is 0 Å². The summed E-state index contributed by atoms with van der Waals surface area (Å²) in [6.07, 6.45) is 0.432. The molecule has 0 saturated heterocycles. The first-order chi connectivity index (χ1) is 14.5. The molecule has 1 heterocycles. The molecule has 0 aromatic heterocycles. The van der Waals surface area contributed by atoms with E-state index in [-0.39, 0.29) is 11.8 Å². The summed E-state index contributed by atoms with van der Waals surface area (Å²) >= 11 is 0. The van der Waals surface area contributed by atoms with Crippen molar-refractivity contribution in [2.24, 2.45) is 0 Å². The van der Waals surface area contributed by atoms with Crippen LogP contribution in [0.2, 0.25) is 0 Å². The monoisotopic (exact) mass is 400 g/mol. The van der Waals surface area contributed by atoms with E-state index in [2.05, 4.69) is 5.32 Å². The minimum atomic E-state index is -1.06. The van der Waals surface area contributed by atoms with E-state index in [9.17, 15) is 9.59 Å². The number of fused-ring (bicyclic) bond motifs is 1. The van der Waals surface area contributed by atoms with E-state index < -0.39 is 5.54 Å². The van der Waals surface area contributed by atoms with Gasteiger partial charge in [-0.3, -0.25) is 14.5 Å². The van der Waals surface area contributed by atoms with Gasteiger partial charge in [0.1, 0.15) is 11.3 Å². The van der Waals surface area contributed by atoms with Crippen LogP contribution in [0.15, 0.2) is 78.9 Å². The molecule has 3 aromatic carbocycles. The molecule has 0 radical (unpaired) electrons. The zero-order chi connectivity index (χ0) is 21.1. The fourth-order valence-corrected chi connectivity index (χ4v) is 3.96. The van der Waals surface area contributed by atoms with Gasteiger partial charge in [-0.05, 0) is 48.4 Å². The molecule has 5 heteroatoms. The summed E-state index contributed by atoms with van der Waals surface area (Å²) in [6.45, 7) is 2.23.